The average molecular weight is 349 g/mol. The lowest BCUT2D eigenvalue weighted by Gasteiger charge is -2.25. The van der Waals surface area contributed by atoms with E-state index in [2.05, 4.69) is 4.98 Å². The molecule has 1 heterocycles. The van der Waals surface area contributed by atoms with Gasteiger partial charge >= 0.3 is 5.97 Å². The van der Waals surface area contributed by atoms with Gasteiger partial charge in [0.1, 0.15) is 5.69 Å². The van der Waals surface area contributed by atoms with Crippen LogP contribution in [0.1, 0.15) is 60.5 Å². The Balaban J connectivity index is 2.08. The lowest BCUT2D eigenvalue weighted by Crippen LogP contribution is -2.22. The van der Waals surface area contributed by atoms with E-state index in [0.717, 1.165) is 25.7 Å². The second-order valence-electron chi connectivity index (χ2n) is 6.60. The highest BCUT2D eigenvalue weighted by atomic mass is 35.5. The van der Waals surface area contributed by atoms with E-state index in [-0.39, 0.29) is 5.69 Å². The van der Waals surface area contributed by atoms with Gasteiger partial charge in [-0.1, -0.05) is 43.7 Å². The SMILES string of the molecule is NC(=O)c1[nH]c2ccc(Cl)cc2c1[C@H](CC1CCCCC1)C(=O)O. The number of carboxylic acid groups (broad SMARTS) is 1. The number of carbonyl (C=O) groups is 2. The maximum Gasteiger partial charge on any atom is 0.311 e. The highest BCUT2D eigenvalue weighted by molar-refractivity contribution is 6.31. The van der Waals surface area contributed by atoms with Crippen molar-refractivity contribution in [1.29, 1.82) is 0 Å². The molecule has 128 valence electrons. The first-order chi connectivity index (χ1) is 11.5. The summed E-state index contributed by atoms with van der Waals surface area (Å²) in [5, 5.41) is 11.0. The summed E-state index contributed by atoms with van der Waals surface area (Å²) >= 11 is 6.08. The molecule has 0 bridgehead atoms. The van der Waals surface area contributed by atoms with Crippen molar-refractivity contribution >= 4 is 34.4 Å². The summed E-state index contributed by atoms with van der Waals surface area (Å²) in [6, 6.07) is 5.14. The smallest absolute Gasteiger partial charge is 0.311 e. The van der Waals surface area contributed by atoms with Gasteiger partial charge in [0.25, 0.3) is 5.91 Å². The van der Waals surface area contributed by atoms with Crippen molar-refractivity contribution in [1.82, 2.24) is 4.98 Å². The van der Waals surface area contributed by atoms with Crippen LogP contribution in [0, 0.1) is 5.92 Å². The van der Waals surface area contributed by atoms with E-state index in [1.165, 1.54) is 6.42 Å². The number of H-pyrrole nitrogens is 1. The van der Waals surface area contributed by atoms with Gasteiger partial charge in [-0.15, -0.1) is 0 Å². The largest absolute Gasteiger partial charge is 0.481 e. The van der Waals surface area contributed by atoms with Gasteiger partial charge < -0.3 is 15.8 Å². The Labute approximate surface area is 145 Å². The summed E-state index contributed by atoms with van der Waals surface area (Å²) in [4.78, 5) is 26.8. The average Bonchev–Trinajstić information content (AvgIpc) is 2.92. The fraction of sp³-hybridized carbons (Fsp3) is 0.444. The monoisotopic (exact) mass is 348 g/mol. The Hall–Kier alpha value is -2.01. The number of aromatic amines is 1. The number of aliphatic carboxylic acids is 1. The third-order valence-electron chi connectivity index (χ3n) is 4.99. The van der Waals surface area contributed by atoms with Crippen LogP contribution in [-0.4, -0.2) is 22.0 Å². The number of hydrogen-bond acceptors (Lipinski definition) is 2. The van der Waals surface area contributed by atoms with Gasteiger partial charge in [0.2, 0.25) is 0 Å². The van der Waals surface area contributed by atoms with Crippen LogP contribution in [0.3, 0.4) is 0 Å². The third-order valence-corrected chi connectivity index (χ3v) is 5.22. The normalized spacial score (nSPS) is 17.0. The molecule has 0 aliphatic heterocycles. The number of nitrogens with two attached hydrogens (primary N) is 1. The first-order valence-corrected chi connectivity index (χ1v) is 8.69. The van der Waals surface area contributed by atoms with Crippen molar-refractivity contribution < 1.29 is 14.7 Å². The molecule has 1 aromatic heterocycles. The topological polar surface area (TPSA) is 96.2 Å². The van der Waals surface area contributed by atoms with Crippen LogP contribution in [0.5, 0.6) is 0 Å². The zero-order valence-electron chi connectivity index (χ0n) is 13.3. The number of amides is 1. The molecule has 0 radical (unpaired) electrons. The van der Waals surface area contributed by atoms with Crippen molar-refractivity contribution in [3.05, 3.63) is 34.5 Å². The number of nitrogens with one attached hydrogen (secondary N) is 1. The van der Waals surface area contributed by atoms with E-state index in [0.29, 0.717) is 33.8 Å². The van der Waals surface area contributed by atoms with Crippen molar-refractivity contribution in [2.24, 2.45) is 11.7 Å². The van der Waals surface area contributed by atoms with Gasteiger partial charge in [-0.05, 0) is 30.5 Å². The Morgan fingerprint density at radius 2 is 2.00 bits per heavy atom. The van der Waals surface area contributed by atoms with Crippen LogP contribution in [0.4, 0.5) is 0 Å². The van der Waals surface area contributed by atoms with Crippen molar-refractivity contribution in [3.63, 3.8) is 0 Å². The van der Waals surface area contributed by atoms with Gasteiger partial charge in [-0.3, -0.25) is 9.59 Å². The predicted molar refractivity (Wildman–Crippen MR) is 93.4 cm³/mol. The summed E-state index contributed by atoms with van der Waals surface area (Å²) in [7, 11) is 0. The molecule has 1 aromatic carbocycles. The molecule has 1 atom stereocenters. The quantitative estimate of drug-likeness (QED) is 0.760. The van der Waals surface area contributed by atoms with Gasteiger partial charge in [0.15, 0.2) is 0 Å². The summed E-state index contributed by atoms with van der Waals surface area (Å²) in [5.74, 6) is -1.97. The maximum atomic E-state index is 12.0. The van der Waals surface area contributed by atoms with E-state index >= 15 is 0 Å². The number of primary amides is 1. The highest BCUT2D eigenvalue weighted by Gasteiger charge is 2.31. The van der Waals surface area contributed by atoms with E-state index in [1.54, 1.807) is 18.2 Å². The number of benzene rings is 1. The molecule has 0 spiro atoms. The van der Waals surface area contributed by atoms with Gasteiger partial charge in [-0.25, -0.2) is 0 Å². The summed E-state index contributed by atoms with van der Waals surface area (Å²) < 4.78 is 0. The molecule has 2 aromatic rings. The molecule has 1 saturated carbocycles. The number of aromatic nitrogens is 1. The zero-order valence-corrected chi connectivity index (χ0v) is 14.1. The van der Waals surface area contributed by atoms with Crippen LogP contribution >= 0.6 is 11.6 Å². The molecule has 5 nitrogen and oxygen atoms in total. The number of rotatable bonds is 5. The molecule has 1 amide bonds. The second kappa shape index (κ2) is 6.85. The van der Waals surface area contributed by atoms with Crippen molar-refractivity contribution in [2.75, 3.05) is 0 Å². The molecule has 0 unspecified atom stereocenters. The van der Waals surface area contributed by atoms with Gasteiger partial charge in [0, 0.05) is 21.5 Å². The van der Waals surface area contributed by atoms with E-state index in [4.69, 9.17) is 17.3 Å². The van der Waals surface area contributed by atoms with Crippen LogP contribution in [0.2, 0.25) is 5.02 Å². The number of carboxylic acids is 1. The van der Waals surface area contributed by atoms with Crippen molar-refractivity contribution in [3.8, 4) is 0 Å². The minimum atomic E-state index is -0.927. The van der Waals surface area contributed by atoms with E-state index in [9.17, 15) is 14.7 Å². The fourth-order valence-electron chi connectivity index (χ4n) is 3.84. The number of halogens is 1. The summed E-state index contributed by atoms with van der Waals surface area (Å²) in [5.41, 5.74) is 6.82. The molecule has 24 heavy (non-hydrogen) atoms. The summed E-state index contributed by atoms with van der Waals surface area (Å²) in [6.07, 6.45) is 6.09. The molecule has 6 heteroatoms. The molecular weight excluding hydrogens is 328 g/mol. The highest BCUT2D eigenvalue weighted by Crippen LogP contribution is 2.38. The van der Waals surface area contributed by atoms with E-state index in [1.807, 2.05) is 0 Å². The molecule has 1 fully saturated rings. The van der Waals surface area contributed by atoms with E-state index < -0.39 is 17.8 Å². The number of carbonyl (C=O) groups excluding carboxylic acids is 1. The maximum absolute atomic E-state index is 12.0. The lowest BCUT2D eigenvalue weighted by molar-refractivity contribution is -0.139. The number of fused-ring (bicyclic) bond motifs is 1. The Bertz CT molecular complexity index is 778. The lowest BCUT2D eigenvalue weighted by atomic mass is 9.80. The van der Waals surface area contributed by atoms with Crippen LogP contribution in [0.25, 0.3) is 10.9 Å². The van der Waals surface area contributed by atoms with Crippen LogP contribution in [-0.2, 0) is 4.79 Å². The zero-order chi connectivity index (χ0) is 17.3. The summed E-state index contributed by atoms with van der Waals surface area (Å²) in [6.45, 7) is 0. The first kappa shape index (κ1) is 16.8. The molecule has 4 N–H and O–H groups in total. The third kappa shape index (κ3) is 3.26. The Morgan fingerprint density at radius 3 is 2.62 bits per heavy atom. The predicted octanol–water partition coefficient (Wildman–Crippen LogP) is 4.06. The second-order valence-corrected chi connectivity index (χ2v) is 7.03. The minimum absolute atomic E-state index is 0.176. The Kier molecular flexibility index (Phi) is 4.81. The molecular formula is C18H21ClN2O3. The first-order valence-electron chi connectivity index (χ1n) is 8.31. The molecule has 0 saturated heterocycles. The van der Waals surface area contributed by atoms with Crippen LogP contribution in [0.15, 0.2) is 18.2 Å². The van der Waals surface area contributed by atoms with Gasteiger partial charge in [0.05, 0.1) is 5.92 Å². The molecule has 3 rings (SSSR count). The minimum Gasteiger partial charge on any atom is -0.481 e. The standard InChI is InChI=1S/C18H21ClN2O3/c19-11-6-7-14-12(9-11)15(16(21-14)17(20)22)13(18(23)24)8-10-4-2-1-3-5-10/h6-7,9-10,13,21H,1-5,8H2,(H2,20,22)(H,23,24)/t13-/m0/s1. The van der Waals surface area contributed by atoms with Gasteiger partial charge in [-0.2, -0.15) is 0 Å². The molecule has 1 aliphatic rings. The van der Waals surface area contributed by atoms with Crippen molar-refractivity contribution in [2.45, 2.75) is 44.4 Å². The fourth-order valence-corrected chi connectivity index (χ4v) is 4.01. The molecule has 1 aliphatic carbocycles. The Morgan fingerprint density at radius 1 is 1.29 bits per heavy atom. The van der Waals surface area contributed by atoms with Crippen LogP contribution < -0.4 is 5.73 Å². The number of hydrogen-bond donors (Lipinski definition) is 3.